The molecular weight excluding hydrogens is 368 g/mol. The third kappa shape index (κ3) is 4.16. The molecule has 1 amide bonds. The van der Waals surface area contributed by atoms with Gasteiger partial charge in [0.2, 0.25) is 10.0 Å². The molecule has 7 heteroatoms. The Balaban J connectivity index is 2.15. The van der Waals surface area contributed by atoms with Gasteiger partial charge in [-0.15, -0.1) is 0 Å². The van der Waals surface area contributed by atoms with Gasteiger partial charge in [0, 0.05) is 22.3 Å². The Hall–Kier alpha value is -1.70. The van der Waals surface area contributed by atoms with E-state index in [0.717, 1.165) is 4.47 Å². The normalized spacial score (nSPS) is 11.2. The molecule has 2 N–H and O–H groups in total. The zero-order valence-electron chi connectivity index (χ0n) is 11.8. The largest absolute Gasteiger partial charge is 0.322 e. The molecule has 0 aliphatic heterocycles. The molecule has 0 saturated heterocycles. The first-order chi connectivity index (χ1) is 10.4. The second-order valence-electron chi connectivity index (χ2n) is 4.49. The van der Waals surface area contributed by atoms with Crippen LogP contribution in [0.15, 0.2) is 57.9 Å². The van der Waals surface area contributed by atoms with Crippen LogP contribution in [0, 0.1) is 0 Å². The van der Waals surface area contributed by atoms with Gasteiger partial charge < -0.3 is 5.32 Å². The lowest BCUT2D eigenvalue weighted by molar-refractivity contribution is 0.102. The Morgan fingerprint density at radius 3 is 2.41 bits per heavy atom. The molecule has 2 rings (SSSR count). The van der Waals surface area contributed by atoms with E-state index in [1.165, 1.54) is 24.3 Å². The second kappa shape index (κ2) is 7.04. The number of hydrogen-bond acceptors (Lipinski definition) is 3. The third-order valence-electron chi connectivity index (χ3n) is 2.84. The van der Waals surface area contributed by atoms with Crippen molar-refractivity contribution >= 4 is 37.5 Å². The molecule has 2 aromatic carbocycles. The number of rotatable bonds is 5. The van der Waals surface area contributed by atoms with E-state index in [1.807, 2.05) is 12.1 Å². The molecule has 0 heterocycles. The maximum absolute atomic E-state index is 12.1. The van der Waals surface area contributed by atoms with E-state index in [0.29, 0.717) is 17.8 Å². The number of benzene rings is 2. The van der Waals surface area contributed by atoms with Gasteiger partial charge in [-0.25, -0.2) is 13.1 Å². The van der Waals surface area contributed by atoms with Gasteiger partial charge in [-0.05, 0) is 42.5 Å². The van der Waals surface area contributed by atoms with Crippen LogP contribution in [-0.2, 0) is 10.0 Å². The molecule has 0 saturated carbocycles. The van der Waals surface area contributed by atoms with Crippen LogP contribution in [0.5, 0.6) is 0 Å². The van der Waals surface area contributed by atoms with Crippen LogP contribution in [0.3, 0.4) is 0 Å². The van der Waals surface area contributed by atoms with Crippen molar-refractivity contribution < 1.29 is 13.2 Å². The van der Waals surface area contributed by atoms with Gasteiger partial charge in [-0.1, -0.05) is 28.9 Å². The number of carbonyl (C=O) groups excluding carboxylic acids is 1. The molecule has 2 aromatic rings. The van der Waals surface area contributed by atoms with Crippen molar-refractivity contribution in [2.45, 2.75) is 11.8 Å². The van der Waals surface area contributed by atoms with Crippen molar-refractivity contribution in [3.05, 3.63) is 58.6 Å². The summed E-state index contributed by atoms with van der Waals surface area (Å²) in [5, 5.41) is 2.75. The Kier molecular flexibility index (Phi) is 5.33. The van der Waals surface area contributed by atoms with Crippen LogP contribution >= 0.6 is 15.9 Å². The van der Waals surface area contributed by atoms with E-state index in [1.54, 1.807) is 19.1 Å². The smallest absolute Gasteiger partial charge is 0.255 e. The summed E-state index contributed by atoms with van der Waals surface area (Å²) in [7, 11) is -3.51. The molecule has 0 radical (unpaired) electrons. The number of carbonyl (C=O) groups is 1. The fraction of sp³-hybridized carbons (Fsp3) is 0.133. The van der Waals surface area contributed by atoms with E-state index < -0.39 is 10.0 Å². The number of hydrogen-bond donors (Lipinski definition) is 2. The van der Waals surface area contributed by atoms with Crippen molar-refractivity contribution in [1.82, 2.24) is 4.72 Å². The number of sulfonamides is 1. The molecule has 5 nitrogen and oxygen atoms in total. The summed E-state index contributed by atoms with van der Waals surface area (Å²) >= 11 is 3.33. The standard InChI is InChI=1S/C15H15BrN2O3S/c1-2-17-22(20,21)14-8-6-11(7-9-14)15(19)18-13-5-3-4-12(16)10-13/h3-10,17H,2H2,1H3,(H,18,19). The first-order valence-corrected chi connectivity index (χ1v) is 8.86. The molecule has 116 valence electrons. The summed E-state index contributed by atoms with van der Waals surface area (Å²) in [4.78, 5) is 12.3. The molecular formula is C15H15BrN2O3S. The molecule has 0 fully saturated rings. The maximum Gasteiger partial charge on any atom is 0.255 e. The van der Waals surface area contributed by atoms with E-state index >= 15 is 0 Å². The summed E-state index contributed by atoms with van der Waals surface area (Å²) in [6, 6.07) is 13.0. The van der Waals surface area contributed by atoms with Gasteiger partial charge in [0.1, 0.15) is 0 Å². The average molecular weight is 383 g/mol. The average Bonchev–Trinajstić information content (AvgIpc) is 2.47. The lowest BCUT2D eigenvalue weighted by Crippen LogP contribution is -2.23. The number of anilines is 1. The summed E-state index contributed by atoms with van der Waals surface area (Å²) in [6.45, 7) is 2.02. The van der Waals surface area contributed by atoms with Crippen molar-refractivity contribution in [1.29, 1.82) is 0 Å². The van der Waals surface area contributed by atoms with Crippen molar-refractivity contribution in [2.24, 2.45) is 0 Å². The fourth-order valence-electron chi connectivity index (χ4n) is 1.83. The van der Waals surface area contributed by atoms with Crippen LogP contribution in [0.25, 0.3) is 0 Å². The highest BCUT2D eigenvalue weighted by atomic mass is 79.9. The predicted molar refractivity (Wildman–Crippen MR) is 89.4 cm³/mol. The molecule has 0 unspecified atom stereocenters. The molecule has 0 spiro atoms. The molecule has 0 bridgehead atoms. The van der Waals surface area contributed by atoms with E-state index in [2.05, 4.69) is 26.0 Å². The number of halogens is 1. The summed E-state index contributed by atoms with van der Waals surface area (Å²) < 4.78 is 26.9. The van der Waals surface area contributed by atoms with Gasteiger partial charge in [-0.3, -0.25) is 4.79 Å². The van der Waals surface area contributed by atoms with Crippen LogP contribution < -0.4 is 10.0 Å². The minimum atomic E-state index is -3.51. The van der Waals surface area contributed by atoms with Gasteiger partial charge in [0.05, 0.1) is 4.90 Å². The lowest BCUT2D eigenvalue weighted by Gasteiger charge is -2.07. The highest BCUT2D eigenvalue weighted by Crippen LogP contribution is 2.17. The second-order valence-corrected chi connectivity index (χ2v) is 7.17. The topological polar surface area (TPSA) is 75.3 Å². The van der Waals surface area contributed by atoms with Crippen LogP contribution in [0.1, 0.15) is 17.3 Å². The van der Waals surface area contributed by atoms with Crippen LogP contribution in [0.4, 0.5) is 5.69 Å². The van der Waals surface area contributed by atoms with Gasteiger partial charge in [0.15, 0.2) is 0 Å². The molecule has 0 aliphatic carbocycles. The van der Waals surface area contributed by atoms with E-state index in [9.17, 15) is 13.2 Å². The minimum absolute atomic E-state index is 0.133. The fourth-order valence-corrected chi connectivity index (χ4v) is 3.27. The highest BCUT2D eigenvalue weighted by Gasteiger charge is 2.13. The zero-order chi connectivity index (χ0) is 16.2. The monoisotopic (exact) mass is 382 g/mol. The van der Waals surface area contributed by atoms with Gasteiger partial charge in [-0.2, -0.15) is 0 Å². The van der Waals surface area contributed by atoms with Crippen molar-refractivity contribution in [3.63, 3.8) is 0 Å². The maximum atomic E-state index is 12.1. The van der Waals surface area contributed by atoms with Crippen molar-refractivity contribution in [3.8, 4) is 0 Å². The number of amides is 1. The lowest BCUT2D eigenvalue weighted by atomic mass is 10.2. The molecule has 0 atom stereocenters. The first kappa shape index (κ1) is 16.7. The molecule has 0 aliphatic rings. The predicted octanol–water partition coefficient (Wildman–Crippen LogP) is 3.00. The third-order valence-corrected chi connectivity index (χ3v) is 4.90. The Labute approximate surface area is 137 Å². The Bertz CT molecular complexity index is 774. The zero-order valence-corrected chi connectivity index (χ0v) is 14.2. The Morgan fingerprint density at radius 2 is 1.82 bits per heavy atom. The molecule has 0 aromatic heterocycles. The molecule has 22 heavy (non-hydrogen) atoms. The van der Waals surface area contributed by atoms with Gasteiger partial charge in [0.25, 0.3) is 5.91 Å². The van der Waals surface area contributed by atoms with E-state index in [4.69, 9.17) is 0 Å². The van der Waals surface area contributed by atoms with Crippen LogP contribution in [-0.4, -0.2) is 20.9 Å². The summed E-state index contributed by atoms with van der Waals surface area (Å²) in [5.41, 5.74) is 1.04. The van der Waals surface area contributed by atoms with Gasteiger partial charge >= 0.3 is 0 Å². The van der Waals surface area contributed by atoms with Crippen molar-refractivity contribution in [2.75, 3.05) is 11.9 Å². The van der Waals surface area contributed by atoms with Crippen LogP contribution in [0.2, 0.25) is 0 Å². The summed E-state index contributed by atoms with van der Waals surface area (Å²) in [6.07, 6.45) is 0. The highest BCUT2D eigenvalue weighted by molar-refractivity contribution is 9.10. The minimum Gasteiger partial charge on any atom is -0.322 e. The number of nitrogens with one attached hydrogen (secondary N) is 2. The van der Waals surface area contributed by atoms with E-state index in [-0.39, 0.29) is 10.8 Å². The Morgan fingerprint density at radius 1 is 1.14 bits per heavy atom. The first-order valence-electron chi connectivity index (χ1n) is 6.59. The quantitative estimate of drug-likeness (QED) is 0.834. The summed E-state index contributed by atoms with van der Waals surface area (Å²) in [5.74, 6) is -0.300. The SMILES string of the molecule is CCNS(=O)(=O)c1ccc(C(=O)Nc2cccc(Br)c2)cc1.